The summed E-state index contributed by atoms with van der Waals surface area (Å²) >= 11 is 0. The number of carbonyl (C=O) groups excluding carboxylic acids is 3. The first-order valence-corrected chi connectivity index (χ1v) is 11.0. The molecule has 28 heavy (non-hydrogen) atoms. The number of hydrogen-bond acceptors (Lipinski definition) is 5. The summed E-state index contributed by atoms with van der Waals surface area (Å²) in [5.41, 5.74) is -0.295. The van der Waals surface area contributed by atoms with Crippen LogP contribution in [0.25, 0.3) is 0 Å². The van der Waals surface area contributed by atoms with Crippen LogP contribution in [0.3, 0.4) is 0 Å². The third-order valence-corrected chi connectivity index (χ3v) is 8.35. The smallest absolute Gasteiger partial charge is 0.310 e. The molecule has 6 aliphatic rings. The molecule has 5 fully saturated rings. The first-order chi connectivity index (χ1) is 13.4. The number of ketones is 1. The molecule has 0 aromatic rings. The van der Waals surface area contributed by atoms with Crippen LogP contribution < -0.4 is 0 Å². The number of allylic oxidation sites excluding steroid dienone is 2. The van der Waals surface area contributed by atoms with Gasteiger partial charge in [-0.25, -0.2) is 0 Å². The van der Waals surface area contributed by atoms with E-state index in [1.54, 1.807) is 0 Å². The van der Waals surface area contributed by atoms with Gasteiger partial charge in [0.25, 0.3) is 0 Å². The van der Waals surface area contributed by atoms with E-state index in [0.29, 0.717) is 24.7 Å². The molecule has 3 atom stereocenters. The van der Waals surface area contributed by atoms with E-state index >= 15 is 0 Å². The SMILES string of the molecule is CC1(OC(=O)CCCOC(=O)C2CC3C=CC2C3=O)C2CC3CC(C2)CC1C3. The van der Waals surface area contributed by atoms with E-state index in [2.05, 4.69) is 6.92 Å². The van der Waals surface area contributed by atoms with Crippen LogP contribution in [0, 0.1) is 41.4 Å². The Balaban J connectivity index is 1.07. The quantitative estimate of drug-likeness (QED) is 0.397. The van der Waals surface area contributed by atoms with Gasteiger partial charge in [0.2, 0.25) is 0 Å². The molecule has 5 saturated carbocycles. The zero-order valence-corrected chi connectivity index (χ0v) is 16.6. The summed E-state index contributed by atoms with van der Waals surface area (Å²) in [6, 6.07) is 0. The molecule has 0 radical (unpaired) electrons. The van der Waals surface area contributed by atoms with Crippen molar-refractivity contribution in [1.82, 2.24) is 0 Å². The maximum absolute atomic E-state index is 12.5. The number of carbonyl (C=O) groups is 3. The average molecular weight is 386 g/mol. The Kier molecular flexibility index (Phi) is 4.40. The van der Waals surface area contributed by atoms with Gasteiger partial charge in [-0.05, 0) is 75.5 Å². The van der Waals surface area contributed by atoms with Crippen molar-refractivity contribution in [2.45, 2.75) is 63.9 Å². The van der Waals surface area contributed by atoms with Gasteiger partial charge in [-0.15, -0.1) is 0 Å². The van der Waals surface area contributed by atoms with Crippen molar-refractivity contribution >= 4 is 17.7 Å². The van der Waals surface area contributed by atoms with Gasteiger partial charge in [-0.3, -0.25) is 14.4 Å². The Morgan fingerprint density at radius 2 is 1.71 bits per heavy atom. The minimum Gasteiger partial charge on any atom is -0.465 e. The molecule has 0 heterocycles. The predicted octanol–water partition coefficient (Wildman–Crippen LogP) is 3.46. The van der Waals surface area contributed by atoms with Crippen molar-refractivity contribution in [3.05, 3.63) is 12.2 Å². The zero-order valence-electron chi connectivity index (χ0n) is 16.6. The lowest BCUT2D eigenvalue weighted by Gasteiger charge is -2.59. The fraction of sp³-hybridized carbons (Fsp3) is 0.783. The summed E-state index contributed by atoms with van der Waals surface area (Å²) in [5.74, 6) is 1.70. The molecular formula is C23H30O5. The number of rotatable bonds is 6. The van der Waals surface area contributed by atoms with Crippen molar-refractivity contribution in [2.24, 2.45) is 41.4 Å². The van der Waals surface area contributed by atoms with E-state index < -0.39 is 0 Å². The number of ether oxygens (including phenoxy) is 2. The van der Waals surface area contributed by atoms with E-state index in [-0.39, 0.29) is 54.1 Å². The third kappa shape index (κ3) is 2.93. The number of esters is 2. The van der Waals surface area contributed by atoms with Gasteiger partial charge in [0.1, 0.15) is 11.4 Å². The fourth-order valence-corrected chi connectivity index (χ4v) is 6.96. The Bertz CT molecular complexity index is 695. The molecule has 5 nitrogen and oxygen atoms in total. The Morgan fingerprint density at radius 3 is 2.29 bits per heavy atom. The molecule has 3 unspecified atom stereocenters. The lowest BCUT2D eigenvalue weighted by Crippen LogP contribution is -2.58. The van der Waals surface area contributed by atoms with Crippen molar-refractivity contribution in [2.75, 3.05) is 6.61 Å². The van der Waals surface area contributed by atoms with Crippen molar-refractivity contribution in [1.29, 1.82) is 0 Å². The summed E-state index contributed by atoms with van der Waals surface area (Å²) in [5, 5.41) is 0. The molecule has 0 aromatic heterocycles. The van der Waals surface area contributed by atoms with Crippen LogP contribution in [-0.2, 0) is 23.9 Å². The minimum absolute atomic E-state index is 0.0979. The maximum Gasteiger partial charge on any atom is 0.310 e. The summed E-state index contributed by atoms with van der Waals surface area (Å²) in [4.78, 5) is 36.6. The van der Waals surface area contributed by atoms with Gasteiger partial charge in [-0.2, -0.15) is 0 Å². The van der Waals surface area contributed by atoms with E-state index in [4.69, 9.17) is 9.47 Å². The molecule has 0 saturated heterocycles. The second-order valence-electron chi connectivity index (χ2n) is 10.00. The van der Waals surface area contributed by atoms with Crippen molar-refractivity contribution in [3.63, 3.8) is 0 Å². The topological polar surface area (TPSA) is 69.7 Å². The van der Waals surface area contributed by atoms with E-state index in [0.717, 1.165) is 11.8 Å². The summed E-state index contributed by atoms with van der Waals surface area (Å²) in [6.07, 6.45) is 11.3. The van der Waals surface area contributed by atoms with E-state index in [1.165, 1.54) is 32.1 Å². The first-order valence-electron chi connectivity index (χ1n) is 11.0. The highest BCUT2D eigenvalue weighted by Gasteiger charge is 2.57. The Labute approximate surface area is 166 Å². The van der Waals surface area contributed by atoms with Crippen molar-refractivity contribution < 1.29 is 23.9 Å². The molecule has 0 N–H and O–H groups in total. The predicted molar refractivity (Wildman–Crippen MR) is 101 cm³/mol. The fourth-order valence-electron chi connectivity index (χ4n) is 6.96. The third-order valence-electron chi connectivity index (χ3n) is 8.35. The Morgan fingerprint density at radius 1 is 1.04 bits per heavy atom. The second kappa shape index (κ2) is 6.70. The molecule has 6 aliphatic carbocycles. The summed E-state index contributed by atoms with van der Waals surface area (Å²) < 4.78 is 11.4. The molecule has 0 spiro atoms. The van der Waals surface area contributed by atoms with Gasteiger partial charge in [0.05, 0.1) is 12.5 Å². The Hall–Kier alpha value is -1.65. The van der Waals surface area contributed by atoms with E-state index in [1.807, 2.05) is 12.2 Å². The lowest BCUT2D eigenvalue weighted by atomic mass is 9.50. The highest BCUT2D eigenvalue weighted by molar-refractivity contribution is 5.96. The molecule has 5 heteroatoms. The monoisotopic (exact) mass is 386 g/mol. The summed E-state index contributed by atoms with van der Waals surface area (Å²) in [6.45, 7) is 2.37. The molecule has 6 bridgehead atoms. The van der Waals surface area contributed by atoms with E-state index in [9.17, 15) is 14.4 Å². The highest BCUT2D eigenvalue weighted by atomic mass is 16.6. The molecule has 0 amide bonds. The van der Waals surface area contributed by atoms with Gasteiger partial charge < -0.3 is 9.47 Å². The van der Waals surface area contributed by atoms with Gasteiger partial charge in [0, 0.05) is 18.3 Å². The number of fused-ring (bicyclic) bond motifs is 2. The highest BCUT2D eigenvalue weighted by Crippen LogP contribution is 2.59. The van der Waals surface area contributed by atoms with Crippen LogP contribution in [-0.4, -0.2) is 29.9 Å². The van der Waals surface area contributed by atoms with Crippen LogP contribution in [0.5, 0.6) is 0 Å². The molecule has 6 rings (SSSR count). The largest absolute Gasteiger partial charge is 0.465 e. The number of hydrogen-bond donors (Lipinski definition) is 0. The average Bonchev–Trinajstić information content (AvgIpc) is 3.17. The lowest BCUT2D eigenvalue weighted by molar-refractivity contribution is -0.203. The molecule has 0 aliphatic heterocycles. The second-order valence-corrected chi connectivity index (χ2v) is 10.00. The van der Waals surface area contributed by atoms with Crippen LogP contribution in [0.2, 0.25) is 0 Å². The van der Waals surface area contributed by atoms with Gasteiger partial charge in [-0.1, -0.05) is 12.2 Å². The molecule has 152 valence electrons. The first kappa shape index (κ1) is 18.4. The molecular weight excluding hydrogens is 356 g/mol. The van der Waals surface area contributed by atoms with Crippen LogP contribution in [0.15, 0.2) is 12.2 Å². The number of Topliss-reactive ketones (excluding diaryl/α,β-unsaturated/α-hetero) is 1. The van der Waals surface area contributed by atoms with Crippen molar-refractivity contribution in [3.8, 4) is 0 Å². The normalized spacial score (nSPS) is 44.9. The minimum atomic E-state index is -0.332. The molecule has 0 aromatic carbocycles. The standard InChI is InChI=1S/C23H30O5/c1-23(16-8-13-7-14(10-16)11-17(23)9-13)28-20(24)3-2-6-27-22(26)19-12-15-4-5-18(19)21(15)25/h4-5,13-19H,2-3,6-12H2,1H3. The summed E-state index contributed by atoms with van der Waals surface area (Å²) in [7, 11) is 0. The van der Waals surface area contributed by atoms with Crippen LogP contribution in [0.1, 0.15) is 58.3 Å². The zero-order chi connectivity index (χ0) is 19.5. The maximum atomic E-state index is 12.5. The van der Waals surface area contributed by atoms with Gasteiger partial charge in [0.15, 0.2) is 0 Å². The van der Waals surface area contributed by atoms with Crippen LogP contribution >= 0.6 is 0 Å². The van der Waals surface area contributed by atoms with Gasteiger partial charge >= 0.3 is 11.9 Å². The van der Waals surface area contributed by atoms with Crippen LogP contribution in [0.4, 0.5) is 0 Å².